The molecule has 0 aliphatic heterocycles. The molecule has 0 spiro atoms. The molecule has 0 saturated carbocycles. The first-order valence-corrected chi connectivity index (χ1v) is 4.80. The van der Waals surface area contributed by atoms with E-state index < -0.39 is 11.9 Å². The predicted octanol–water partition coefficient (Wildman–Crippen LogP) is 1.64. The van der Waals surface area contributed by atoms with Crippen molar-refractivity contribution in [3.05, 3.63) is 23.5 Å². The van der Waals surface area contributed by atoms with Crippen LogP contribution in [-0.2, 0) is 13.2 Å². The van der Waals surface area contributed by atoms with Crippen LogP contribution in [0.1, 0.15) is 17.2 Å². The molecule has 92 valence electrons. The Morgan fingerprint density at radius 2 is 1.88 bits per heavy atom. The van der Waals surface area contributed by atoms with Crippen molar-refractivity contribution in [2.75, 3.05) is 0 Å². The van der Waals surface area contributed by atoms with E-state index in [1.165, 1.54) is 20.3 Å². The first-order valence-electron chi connectivity index (χ1n) is 4.80. The van der Waals surface area contributed by atoms with Gasteiger partial charge in [-0.3, -0.25) is 4.68 Å². The second-order valence-electron chi connectivity index (χ2n) is 3.62. The lowest BCUT2D eigenvalue weighted by atomic mass is 10.3. The fourth-order valence-electron chi connectivity index (χ4n) is 1.74. The lowest BCUT2D eigenvalue weighted by Gasteiger charge is -2.10. The number of alkyl halides is 3. The molecule has 2 aromatic heterocycles. The van der Waals surface area contributed by atoms with Crippen LogP contribution in [0.4, 0.5) is 13.2 Å². The van der Waals surface area contributed by atoms with Gasteiger partial charge in [-0.2, -0.15) is 23.4 Å². The van der Waals surface area contributed by atoms with Crippen molar-refractivity contribution in [2.24, 2.45) is 7.05 Å². The monoisotopic (exact) mass is 245 g/mol. The molecule has 0 amide bonds. The Balaban J connectivity index is 2.74. The van der Waals surface area contributed by atoms with Crippen molar-refractivity contribution in [1.82, 2.24) is 24.5 Å². The molecule has 2 rings (SSSR count). The molecule has 17 heavy (non-hydrogen) atoms. The molecule has 0 fully saturated rings. The second kappa shape index (κ2) is 3.57. The van der Waals surface area contributed by atoms with Gasteiger partial charge >= 0.3 is 6.18 Å². The Hall–Kier alpha value is -1.86. The largest absolute Gasteiger partial charge is 0.435 e. The van der Waals surface area contributed by atoms with Gasteiger partial charge in [0.15, 0.2) is 5.69 Å². The Bertz CT molecular complexity index is 551. The molecule has 0 aliphatic rings. The van der Waals surface area contributed by atoms with Crippen molar-refractivity contribution in [3.63, 3.8) is 0 Å². The van der Waals surface area contributed by atoms with E-state index in [0.29, 0.717) is 5.82 Å². The minimum Gasteiger partial charge on any atom is -0.261 e. The van der Waals surface area contributed by atoms with Crippen LogP contribution in [0, 0.1) is 13.8 Å². The van der Waals surface area contributed by atoms with Crippen LogP contribution in [0.5, 0.6) is 0 Å². The minimum atomic E-state index is -4.48. The smallest absolute Gasteiger partial charge is 0.261 e. The van der Waals surface area contributed by atoms with Crippen molar-refractivity contribution >= 4 is 0 Å². The molecular formula is C9H10F3N5. The zero-order valence-electron chi connectivity index (χ0n) is 9.45. The summed E-state index contributed by atoms with van der Waals surface area (Å²) >= 11 is 0. The summed E-state index contributed by atoms with van der Waals surface area (Å²) in [4.78, 5) is 3.81. The Kier molecular flexibility index (Phi) is 2.44. The Labute approximate surface area is 94.9 Å². The standard InChI is InChI=1S/C9H10F3N5/c1-5-7(17-6(2)13-4-14-17)8(9(10,11)12)16(3)15-5/h4H,1-3H3. The lowest BCUT2D eigenvalue weighted by molar-refractivity contribution is -0.143. The first-order chi connectivity index (χ1) is 7.82. The second-order valence-corrected chi connectivity index (χ2v) is 3.62. The van der Waals surface area contributed by atoms with Gasteiger partial charge in [-0.1, -0.05) is 0 Å². The Morgan fingerprint density at radius 1 is 1.24 bits per heavy atom. The molecule has 0 unspecified atom stereocenters. The van der Waals surface area contributed by atoms with Crippen molar-refractivity contribution in [1.29, 1.82) is 0 Å². The number of hydrogen-bond acceptors (Lipinski definition) is 3. The van der Waals surface area contributed by atoms with E-state index in [1.54, 1.807) is 6.92 Å². The van der Waals surface area contributed by atoms with Crippen LogP contribution in [0.15, 0.2) is 6.33 Å². The SMILES string of the molecule is Cc1nn(C)c(C(F)(F)F)c1-n1ncnc1C. The van der Waals surface area contributed by atoms with Crippen molar-refractivity contribution < 1.29 is 13.2 Å². The molecule has 0 radical (unpaired) electrons. The maximum atomic E-state index is 12.9. The summed E-state index contributed by atoms with van der Waals surface area (Å²) in [5, 5.41) is 7.57. The average Bonchev–Trinajstić information content (AvgIpc) is 2.68. The molecule has 0 N–H and O–H groups in total. The molecule has 2 heterocycles. The number of aromatic nitrogens is 5. The van der Waals surface area contributed by atoms with Crippen molar-refractivity contribution in [2.45, 2.75) is 20.0 Å². The Morgan fingerprint density at radius 3 is 2.35 bits per heavy atom. The summed E-state index contributed by atoms with van der Waals surface area (Å²) in [5.74, 6) is 0.381. The molecule has 0 aliphatic carbocycles. The van der Waals surface area contributed by atoms with Gasteiger partial charge in [0, 0.05) is 7.05 Å². The summed E-state index contributed by atoms with van der Waals surface area (Å²) in [6.07, 6.45) is -3.27. The van der Waals surface area contributed by atoms with E-state index in [9.17, 15) is 13.2 Å². The third-order valence-electron chi connectivity index (χ3n) is 2.39. The zero-order chi connectivity index (χ0) is 12.8. The molecule has 0 bridgehead atoms. The van der Waals surface area contributed by atoms with Gasteiger partial charge < -0.3 is 0 Å². The van der Waals surface area contributed by atoms with E-state index in [2.05, 4.69) is 15.2 Å². The number of halogens is 3. The molecule has 0 aromatic carbocycles. The quantitative estimate of drug-likeness (QED) is 0.767. The lowest BCUT2D eigenvalue weighted by Crippen LogP contribution is -2.16. The normalized spacial score (nSPS) is 12.1. The van der Waals surface area contributed by atoms with Crippen LogP contribution < -0.4 is 0 Å². The number of aryl methyl sites for hydroxylation is 3. The van der Waals surface area contributed by atoms with E-state index in [0.717, 1.165) is 9.36 Å². The summed E-state index contributed by atoms with van der Waals surface area (Å²) in [5.41, 5.74) is -0.646. The van der Waals surface area contributed by atoms with Crippen LogP contribution >= 0.6 is 0 Å². The molecule has 5 nitrogen and oxygen atoms in total. The molecule has 0 atom stereocenters. The van der Waals surface area contributed by atoms with Crippen LogP contribution in [0.3, 0.4) is 0 Å². The van der Waals surface area contributed by atoms with E-state index >= 15 is 0 Å². The highest BCUT2D eigenvalue weighted by Crippen LogP contribution is 2.34. The fourth-order valence-corrected chi connectivity index (χ4v) is 1.74. The highest BCUT2D eigenvalue weighted by molar-refractivity contribution is 5.42. The summed E-state index contributed by atoms with van der Waals surface area (Å²) in [7, 11) is 1.26. The van der Waals surface area contributed by atoms with Gasteiger partial charge in [-0.05, 0) is 13.8 Å². The van der Waals surface area contributed by atoms with E-state index in [1.807, 2.05) is 0 Å². The number of nitrogens with zero attached hydrogens (tertiary/aromatic N) is 5. The van der Waals surface area contributed by atoms with E-state index in [4.69, 9.17) is 0 Å². The topological polar surface area (TPSA) is 48.5 Å². The third kappa shape index (κ3) is 1.79. The summed E-state index contributed by atoms with van der Waals surface area (Å²) in [6.45, 7) is 3.09. The maximum Gasteiger partial charge on any atom is 0.435 e. The minimum absolute atomic E-state index is 0.0741. The van der Waals surface area contributed by atoms with Crippen LogP contribution in [0.2, 0.25) is 0 Å². The van der Waals surface area contributed by atoms with Gasteiger partial charge in [0.2, 0.25) is 0 Å². The molecule has 8 heteroatoms. The number of rotatable bonds is 1. The first kappa shape index (κ1) is 11.6. The van der Waals surface area contributed by atoms with Gasteiger partial charge in [-0.15, -0.1) is 0 Å². The maximum absolute atomic E-state index is 12.9. The highest BCUT2D eigenvalue weighted by atomic mass is 19.4. The fraction of sp³-hybridized carbons (Fsp3) is 0.444. The van der Waals surface area contributed by atoms with Crippen LogP contribution in [0.25, 0.3) is 5.69 Å². The van der Waals surface area contributed by atoms with Gasteiger partial charge in [0.25, 0.3) is 0 Å². The van der Waals surface area contributed by atoms with Crippen LogP contribution in [-0.4, -0.2) is 24.5 Å². The van der Waals surface area contributed by atoms with E-state index in [-0.39, 0.29) is 11.4 Å². The highest BCUT2D eigenvalue weighted by Gasteiger charge is 2.39. The van der Waals surface area contributed by atoms with Gasteiger partial charge in [-0.25, -0.2) is 9.67 Å². The summed E-state index contributed by atoms with van der Waals surface area (Å²) in [6, 6.07) is 0. The summed E-state index contributed by atoms with van der Waals surface area (Å²) < 4.78 is 40.7. The predicted molar refractivity (Wildman–Crippen MR) is 52.6 cm³/mol. The molecule has 0 saturated heterocycles. The van der Waals surface area contributed by atoms with Gasteiger partial charge in [0.05, 0.1) is 5.69 Å². The third-order valence-corrected chi connectivity index (χ3v) is 2.39. The zero-order valence-corrected chi connectivity index (χ0v) is 9.45. The van der Waals surface area contributed by atoms with Crippen molar-refractivity contribution in [3.8, 4) is 5.69 Å². The molecular weight excluding hydrogens is 235 g/mol. The molecule has 2 aromatic rings. The van der Waals surface area contributed by atoms with Gasteiger partial charge in [0.1, 0.15) is 17.8 Å². The number of hydrogen-bond donors (Lipinski definition) is 0. The average molecular weight is 245 g/mol.